The van der Waals surface area contributed by atoms with Crippen molar-refractivity contribution in [2.24, 2.45) is 0 Å². The van der Waals surface area contributed by atoms with Crippen LogP contribution in [0, 0.1) is 0 Å². The highest BCUT2D eigenvalue weighted by atomic mass is 32.2. The van der Waals surface area contributed by atoms with Gasteiger partial charge in [0.25, 0.3) is 10.1 Å². The Morgan fingerprint density at radius 3 is 1.55 bits per heavy atom. The lowest BCUT2D eigenvalue weighted by Crippen LogP contribution is -2.67. The molecule has 0 saturated carbocycles. The summed E-state index contributed by atoms with van der Waals surface area (Å²) < 4.78 is 65.8. The molecule has 262 valence electrons. The molecule has 1 aliphatic rings. The molecule has 0 bridgehead atoms. The number of benzene rings is 4. The molecule has 49 heavy (non-hydrogen) atoms. The van der Waals surface area contributed by atoms with Gasteiger partial charge in [0.1, 0.15) is 30.2 Å². The van der Waals surface area contributed by atoms with Gasteiger partial charge in [-0.2, -0.15) is 8.42 Å². The van der Waals surface area contributed by atoms with Gasteiger partial charge in [-0.1, -0.05) is 128 Å². The first-order valence-electron chi connectivity index (χ1n) is 16.7. The van der Waals surface area contributed by atoms with Crippen LogP contribution < -0.4 is 0 Å². The van der Waals surface area contributed by atoms with E-state index in [4.69, 9.17) is 27.9 Å². The van der Waals surface area contributed by atoms with Crippen molar-refractivity contribution in [3.05, 3.63) is 144 Å². The zero-order valence-electron chi connectivity index (χ0n) is 28.1. The molecule has 0 spiro atoms. The third kappa shape index (κ3) is 11.0. The van der Waals surface area contributed by atoms with Crippen molar-refractivity contribution in [2.45, 2.75) is 69.6 Å². The molecule has 5 rings (SSSR count). The van der Waals surface area contributed by atoms with E-state index in [1.165, 1.54) is 11.8 Å². The Labute approximate surface area is 295 Å². The van der Waals surface area contributed by atoms with Crippen LogP contribution in [0.1, 0.15) is 36.1 Å². The minimum atomic E-state index is -4.04. The second kappa shape index (κ2) is 18.8. The molecule has 1 fully saturated rings. The Morgan fingerprint density at radius 2 is 1.08 bits per heavy atom. The maximum atomic E-state index is 13.5. The van der Waals surface area contributed by atoms with Gasteiger partial charge in [0.15, 0.2) is 4.93 Å². The van der Waals surface area contributed by atoms with Gasteiger partial charge < -0.3 is 23.7 Å². The molecule has 4 aromatic rings. The molecule has 0 radical (unpaired) electrons. The lowest BCUT2D eigenvalue weighted by Gasteiger charge is -2.52. The molecular weight excluding hydrogens is 661 g/mol. The Balaban J connectivity index is 1.56. The highest BCUT2D eigenvalue weighted by Gasteiger charge is 2.59. The van der Waals surface area contributed by atoms with Crippen LogP contribution in [0.15, 0.2) is 121 Å². The van der Waals surface area contributed by atoms with Crippen molar-refractivity contribution in [2.75, 3.05) is 24.7 Å². The second-order valence-corrected chi connectivity index (χ2v) is 14.9. The van der Waals surface area contributed by atoms with Gasteiger partial charge in [-0.25, -0.2) is 0 Å². The monoisotopic (exact) mass is 706 g/mol. The van der Waals surface area contributed by atoms with Crippen LogP contribution in [0.2, 0.25) is 0 Å². The van der Waals surface area contributed by atoms with Crippen LogP contribution in [0.4, 0.5) is 0 Å². The predicted molar refractivity (Wildman–Crippen MR) is 192 cm³/mol. The van der Waals surface area contributed by atoms with E-state index in [0.29, 0.717) is 12.4 Å². The summed E-state index contributed by atoms with van der Waals surface area (Å²) >= 11 is 1.37. The van der Waals surface area contributed by atoms with Crippen molar-refractivity contribution in [1.82, 2.24) is 0 Å². The number of rotatable bonds is 19. The van der Waals surface area contributed by atoms with E-state index in [1.54, 1.807) is 6.92 Å². The third-order valence-corrected chi connectivity index (χ3v) is 10.9. The molecule has 1 aliphatic heterocycles. The zero-order chi connectivity index (χ0) is 34.4. The topological polar surface area (TPSA) is 89.5 Å². The normalized spacial score (nSPS) is 22.6. The Hall–Kier alpha value is -3.06. The zero-order valence-corrected chi connectivity index (χ0v) is 29.7. The highest BCUT2D eigenvalue weighted by Crippen LogP contribution is 2.44. The van der Waals surface area contributed by atoms with Crippen LogP contribution >= 0.6 is 11.8 Å². The molecule has 1 heterocycles. The van der Waals surface area contributed by atoms with Crippen molar-refractivity contribution < 1.29 is 36.3 Å². The smallest absolute Gasteiger partial charge is 0.271 e. The highest BCUT2D eigenvalue weighted by molar-refractivity contribution is 8.01. The fraction of sp³-hybridized carbons (Fsp3) is 0.385. The number of thioether (sulfide) groups is 1. The summed E-state index contributed by atoms with van der Waals surface area (Å²) in [6.45, 7) is 4.85. The maximum Gasteiger partial charge on any atom is 0.271 e. The second-order valence-electron chi connectivity index (χ2n) is 11.8. The van der Waals surface area contributed by atoms with E-state index in [0.717, 1.165) is 22.3 Å². The third-order valence-electron chi connectivity index (χ3n) is 8.07. The molecule has 0 unspecified atom stereocenters. The minimum absolute atomic E-state index is 0.00507. The number of hydrogen-bond donors (Lipinski definition) is 0. The predicted octanol–water partition coefficient (Wildman–Crippen LogP) is 7.17. The maximum absolute atomic E-state index is 13.5. The first-order valence-corrected chi connectivity index (χ1v) is 19.2. The molecule has 0 aromatic heterocycles. The van der Waals surface area contributed by atoms with Crippen LogP contribution in [0.25, 0.3) is 0 Å². The van der Waals surface area contributed by atoms with Crippen molar-refractivity contribution >= 4 is 21.9 Å². The quantitative estimate of drug-likeness (QED) is 0.0942. The van der Waals surface area contributed by atoms with Crippen LogP contribution in [0.3, 0.4) is 0 Å². The van der Waals surface area contributed by atoms with E-state index >= 15 is 0 Å². The summed E-state index contributed by atoms with van der Waals surface area (Å²) in [7, 11) is -4.04. The molecule has 0 N–H and O–H groups in total. The van der Waals surface area contributed by atoms with Crippen molar-refractivity contribution in [3.63, 3.8) is 0 Å². The van der Waals surface area contributed by atoms with Crippen LogP contribution in [-0.2, 0) is 64.4 Å². The molecule has 5 atom stereocenters. The molecule has 8 nitrogen and oxygen atoms in total. The van der Waals surface area contributed by atoms with Crippen molar-refractivity contribution in [1.29, 1.82) is 0 Å². The van der Waals surface area contributed by atoms with E-state index in [1.807, 2.05) is 128 Å². The summed E-state index contributed by atoms with van der Waals surface area (Å²) in [5.41, 5.74) is 3.88. The molecule has 1 saturated heterocycles. The van der Waals surface area contributed by atoms with Gasteiger partial charge in [-0.15, -0.1) is 11.8 Å². The van der Waals surface area contributed by atoms with E-state index in [2.05, 4.69) is 0 Å². The lowest BCUT2D eigenvalue weighted by molar-refractivity contribution is -0.278. The standard InChI is InChI=1S/C39H46O8S2/c1-3-46-49(40,41)30-39(48-4-2)38(45-28-34-23-15-8-16-24-34)37(44-27-33-21-13-7-14-22-33)36(43-26-32-19-11-6-12-20-32)35(47-39)29-42-25-31-17-9-5-10-18-31/h5-24,35-38H,3-4,25-30H2,1-2H3/t35-,36-,37+,38+,39-/m1/s1. The fourth-order valence-corrected chi connectivity index (χ4v) is 8.89. The van der Waals surface area contributed by atoms with Gasteiger partial charge in [-0.3, -0.25) is 4.18 Å². The molecule has 0 aliphatic carbocycles. The summed E-state index contributed by atoms with van der Waals surface area (Å²) in [5.74, 6) is 0.100. The minimum Gasteiger partial charge on any atom is -0.374 e. The lowest BCUT2D eigenvalue weighted by atomic mass is 9.94. The average molecular weight is 707 g/mol. The first-order chi connectivity index (χ1) is 23.9. The SMILES string of the molecule is CCOS(=O)(=O)C[C@]1(SCC)O[C@H](COCc2ccccc2)[C@@H](OCc2ccccc2)[C@H](OCc2ccccc2)[C@@H]1OCc1ccccc1. The van der Waals surface area contributed by atoms with Gasteiger partial charge in [-0.05, 0) is 34.9 Å². The van der Waals surface area contributed by atoms with Gasteiger partial charge in [0.05, 0.1) is 39.6 Å². The van der Waals surface area contributed by atoms with Gasteiger partial charge in [0.2, 0.25) is 0 Å². The first kappa shape index (κ1) is 37.2. The summed E-state index contributed by atoms with van der Waals surface area (Å²) in [4.78, 5) is -1.41. The molecule has 10 heteroatoms. The van der Waals surface area contributed by atoms with Gasteiger partial charge in [0, 0.05) is 0 Å². The molecule has 4 aromatic carbocycles. The van der Waals surface area contributed by atoms with E-state index < -0.39 is 45.2 Å². The molecular formula is C39H46O8S2. The van der Waals surface area contributed by atoms with E-state index in [9.17, 15) is 8.42 Å². The van der Waals surface area contributed by atoms with Crippen molar-refractivity contribution in [3.8, 4) is 0 Å². The summed E-state index contributed by atoms with van der Waals surface area (Å²) in [6.07, 6.45) is -3.01. The average Bonchev–Trinajstić information content (AvgIpc) is 3.11. The Kier molecular flexibility index (Phi) is 14.3. The summed E-state index contributed by atoms with van der Waals surface area (Å²) in [6, 6.07) is 39.4. The van der Waals surface area contributed by atoms with Gasteiger partial charge >= 0.3 is 0 Å². The fourth-order valence-electron chi connectivity index (χ4n) is 5.91. The van der Waals surface area contributed by atoms with E-state index in [-0.39, 0.29) is 33.0 Å². The number of hydrogen-bond acceptors (Lipinski definition) is 9. The Bertz CT molecular complexity index is 1610. The van der Waals surface area contributed by atoms with Crippen LogP contribution in [0.5, 0.6) is 0 Å². The molecule has 0 amide bonds. The largest absolute Gasteiger partial charge is 0.374 e. The van der Waals surface area contributed by atoms with Crippen LogP contribution in [-0.4, -0.2) is 62.5 Å². The Morgan fingerprint density at radius 1 is 0.633 bits per heavy atom. The summed E-state index contributed by atoms with van der Waals surface area (Å²) in [5, 5.41) is 0. The number of ether oxygens (including phenoxy) is 5.